The fraction of sp³-hybridized carbons (Fsp3) is 0.333. The van der Waals surface area contributed by atoms with Crippen LogP contribution in [0.5, 0.6) is 0 Å². The Bertz CT molecular complexity index is 843. The van der Waals surface area contributed by atoms with Crippen molar-refractivity contribution in [1.82, 2.24) is 9.88 Å². The number of hydrogen-bond donors (Lipinski definition) is 1. The van der Waals surface area contributed by atoms with Gasteiger partial charge in [0, 0.05) is 28.7 Å². The van der Waals surface area contributed by atoms with E-state index in [1.807, 2.05) is 38.1 Å². The molecule has 0 atom stereocenters. The number of amides is 1. The second kappa shape index (κ2) is 7.65. The molecule has 0 fully saturated rings. The van der Waals surface area contributed by atoms with Crippen LogP contribution in [0.1, 0.15) is 25.0 Å². The fourth-order valence-corrected chi connectivity index (χ4v) is 2.62. The van der Waals surface area contributed by atoms with Crippen LogP contribution in [-0.4, -0.2) is 17.0 Å². The molecule has 1 aromatic heterocycles. The van der Waals surface area contributed by atoms with Gasteiger partial charge in [-0.15, -0.1) is 0 Å². The molecule has 1 aromatic carbocycles. The predicted molar refractivity (Wildman–Crippen MR) is 95.9 cm³/mol. The summed E-state index contributed by atoms with van der Waals surface area (Å²) in [7, 11) is 0. The highest BCUT2D eigenvalue weighted by Crippen LogP contribution is 2.28. The molecule has 1 amide bonds. The molecule has 2 aromatic rings. The van der Waals surface area contributed by atoms with Crippen LogP contribution in [0.15, 0.2) is 51.9 Å². The number of nitrogens with one attached hydrogen (secondary N) is 1. The van der Waals surface area contributed by atoms with E-state index in [-0.39, 0.29) is 12.0 Å². The second-order valence-electron chi connectivity index (χ2n) is 6.55. The number of aromatic nitrogens is 1. The minimum atomic E-state index is -4.57. The lowest BCUT2D eigenvalue weighted by molar-refractivity contribution is -0.138. The van der Waals surface area contributed by atoms with Crippen molar-refractivity contribution in [3.05, 3.63) is 68.5 Å². The Morgan fingerprint density at radius 2 is 1.65 bits per heavy atom. The molecule has 26 heavy (non-hydrogen) atoms. The van der Waals surface area contributed by atoms with Gasteiger partial charge in [0.1, 0.15) is 6.54 Å². The van der Waals surface area contributed by atoms with E-state index in [1.54, 1.807) is 0 Å². The van der Waals surface area contributed by atoms with E-state index in [9.17, 15) is 22.8 Å². The number of alkyl halides is 3. The van der Waals surface area contributed by atoms with Crippen LogP contribution in [0.4, 0.5) is 13.2 Å². The molecular formula is C18H18BrF3N2O2. The maximum Gasteiger partial charge on any atom is 0.417 e. The molecule has 0 spiro atoms. The summed E-state index contributed by atoms with van der Waals surface area (Å²) in [5.41, 5.74) is -1.02. The van der Waals surface area contributed by atoms with Gasteiger partial charge >= 0.3 is 6.18 Å². The molecule has 0 aliphatic heterocycles. The molecule has 0 radical (unpaired) electrons. The number of carbonyl (C=O) groups is 1. The molecular weight excluding hydrogens is 413 g/mol. The first kappa shape index (κ1) is 20.2. The molecule has 0 aliphatic carbocycles. The Labute approximate surface area is 157 Å². The second-order valence-corrected chi connectivity index (χ2v) is 7.46. The molecule has 0 aliphatic rings. The third-order valence-electron chi connectivity index (χ3n) is 3.98. The van der Waals surface area contributed by atoms with Crippen LogP contribution >= 0.6 is 15.9 Å². The predicted octanol–water partition coefficient (Wildman–Crippen LogP) is 3.72. The lowest BCUT2D eigenvalue weighted by Crippen LogP contribution is -2.39. The van der Waals surface area contributed by atoms with E-state index in [0.29, 0.717) is 12.3 Å². The van der Waals surface area contributed by atoms with Crippen LogP contribution in [0.25, 0.3) is 0 Å². The number of carbonyl (C=O) groups excluding carboxylic acids is 1. The average molecular weight is 431 g/mol. The quantitative estimate of drug-likeness (QED) is 0.785. The van der Waals surface area contributed by atoms with E-state index >= 15 is 0 Å². The van der Waals surface area contributed by atoms with Gasteiger partial charge in [-0.25, -0.2) is 0 Å². The van der Waals surface area contributed by atoms with E-state index in [0.717, 1.165) is 20.7 Å². The van der Waals surface area contributed by atoms with Gasteiger partial charge in [-0.2, -0.15) is 13.2 Å². The Morgan fingerprint density at radius 1 is 1.08 bits per heavy atom. The van der Waals surface area contributed by atoms with Crippen molar-refractivity contribution < 1.29 is 18.0 Å². The van der Waals surface area contributed by atoms with E-state index < -0.39 is 29.8 Å². The summed E-state index contributed by atoms with van der Waals surface area (Å²) in [5, 5.41) is 2.68. The number of nitrogens with zero attached hydrogens (tertiary/aromatic N) is 1. The van der Waals surface area contributed by atoms with E-state index in [1.165, 1.54) is 0 Å². The van der Waals surface area contributed by atoms with Crippen molar-refractivity contribution in [1.29, 1.82) is 0 Å². The van der Waals surface area contributed by atoms with Gasteiger partial charge in [-0.05, 0) is 23.8 Å². The summed E-state index contributed by atoms with van der Waals surface area (Å²) >= 11 is 3.36. The summed E-state index contributed by atoms with van der Waals surface area (Å²) in [4.78, 5) is 23.8. The van der Waals surface area contributed by atoms with Crippen molar-refractivity contribution in [2.45, 2.75) is 32.0 Å². The first-order chi connectivity index (χ1) is 12.0. The van der Waals surface area contributed by atoms with Gasteiger partial charge in [0.05, 0.1) is 5.56 Å². The van der Waals surface area contributed by atoms with Gasteiger partial charge in [0.25, 0.3) is 5.56 Å². The summed E-state index contributed by atoms with van der Waals surface area (Å²) in [6.07, 6.45) is -3.92. The van der Waals surface area contributed by atoms with Crippen molar-refractivity contribution >= 4 is 21.8 Å². The maximum atomic E-state index is 12.7. The van der Waals surface area contributed by atoms with Gasteiger partial charge in [0.2, 0.25) is 5.91 Å². The Morgan fingerprint density at radius 3 is 2.23 bits per heavy atom. The van der Waals surface area contributed by atoms with Crippen molar-refractivity contribution in [2.24, 2.45) is 0 Å². The standard InChI is InChI=1S/C18H18BrF3N2O2/c1-17(2,12-3-6-14(19)7-4-12)11-23-15(25)10-24-9-13(18(20,21)22)5-8-16(24)26/h3-9H,10-11H2,1-2H3,(H,23,25). The SMILES string of the molecule is CC(C)(CNC(=O)Cn1cc(C(F)(F)F)ccc1=O)c1ccc(Br)cc1. The van der Waals surface area contributed by atoms with Crippen molar-refractivity contribution in [3.8, 4) is 0 Å². The molecule has 0 bridgehead atoms. The number of hydrogen-bond acceptors (Lipinski definition) is 2. The van der Waals surface area contributed by atoms with Crippen LogP contribution < -0.4 is 10.9 Å². The summed E-state index contributed by atoms with van der Waals surface area (Å²) in [5.74, 6) is -0.531. The van der Waals surface area contributed by atoms with Crippen molar-refractivity contribution in [2.75, 3.05) is 6.54 Å². The van der Waals surface area contributed by atoms with Crippen LogP contribution in [-0.2, 0) is 22.9 Å². The first-order valence-electron chi connectivity index (χ1n) is 7.79. The number of benzene rings is 1. The highest BCUT2D eigenvalue weighted by Gasteiger charge is 2.31. The van der Waals surface area contributed by atoms with Gasteiger partial charge < -0.3 is 9.88 Å². The normalized spacial score (nSPS) is 12.1. The average Bonchev–Trinajstić information content (AvgIpc) is 2.54. The summed E-state index contributed by atoms with van der Waals surface area (Å²) in [6, 6.07) is 9.14. The zero-order valence-corrected chi connectivity index (χ0v) is 15.8. The van der Waals surface area contributed by atoms with Gasteiger partial charge in [0.15, 0.2) is 0 Å². The monoisotopic (exact) mass is 430 g/mol. The number of pyridine rings is 1. The Hall–Kier alpha value is -2.09. The molecule has 4 nitrogen and oxygen atoms in total. The zero-order chi connectivity index (χ0) is 19.5. The topological polar surface area (TPSA) is 51.1 Å². The third kappa shape index (κ3) is 5.20. The highest BCUT2D eigenvalue weighted by molar-refractivity contribution is 9.10. The fourth-order valence-electron chi connectivity index (χ4n) is 2.36. The molecule has 0 saturated heterocycles. The molecule has 1 N–H and O–H groups in total. The maximum absolute atomic E-state index is 12.7. The minimum Gasteiger partial charge on any atom is -0.354 e. The van der Waals surface area contributed by atoms with Crippen LogP contribution in [0.3, 0.4) is 0 Å². The molecule has 8 heteroatoms. The molecule has 1 heterocycles. The lowest BCUT2D eigenvalue weighted by atomic mass is 9.84. The minimum absolute atomic E-state index is 0.279. The Kier molecular flexibility index (Phi) is 5.95. The smallest absolute Gasteiger partial charge is 0.354 e. The number of halogens is 4. The Balaban J connectivity index is 2.05. The van der Waals surface area contributed by atoms with Crippen LogP contribution in [0, 0.1) is 0 Å². The van der Waals surface area contributed by atoms with E-state index in [2.05, 4.69) is 21.2 Å². The van der Waals surface area contributed by atoms with E-state index in [4.69, 9.17) is 0 Å². The third-order valence-corrected chi connectivity index (χ3v) is 4.51. The summed E-state index contributed by atoms with van der Waals surface area (Å²) < 4.78 is 39.9. The zero-order valence-electron chi connectivity index (χ0n) is 14.2. The van der Waals surface area contributed by atoms with Gasteiger partial charge in [-0.1, -0.05) is 41.9 Å². The largest absolute Gasteiger partial charge is 0.417 e. The number of rotatable bonds is 5. The lowest BCUT2D eigenvalue weighted by Gasteiger charge is -2.26. The highest BCUT2D eigenvalue weighted by atomic mass is 79.9. The molecule has 0 saturated carbocycles. The van der Waals surface area contributed by atoms with Crippen LogP contribution in [0.2, 0.25) is 0 Å². The molecule has 0 unspecified atom stereocenters. The van der Waals surface area contributed by atoms with Gasteiger partial charge in [-0.3, -0.25) is 9.59 Å². The first-order valence-corrected chi connectivity index (χ1v) is 8.59. The molecule has 140 valence electrons. The molecule has 2 rings (SSSR count). The summed E-state index contributed by atoms with van der Waals surface area (Å²) in [6.45, 7) is 3.68. The van der Waals surface area contributed by atoms with Crippen molar-refractivity contribution in [3.63, 3.8) is 0 Å².